The molecule has 0 spiro atoms. The summed E-state index contributed by atoms with van der Waals surface area (Å²) >= 11 is 6.32. The number of nitrogens with one attached hydrogen (secondary N) is 2. The second-order valence-electron chi connectivity index (χ2n) is 10.7. The lowest BCUT2D eigenvalue weighted by Gasteiger charge is -2.40. The standard InChI is InChI=1S/C25H48ClN3O/c1-4-30-18-21-13-20(14-27-15-21)16-28-25(19(2)3)17-29-11-9-23(10-12-29)22-5-7-24(26)8-6-22/h19-25,27-28H,4-18H2,1-3H3/t20?,21?,22?,24?,25-/m0/s1. The van der Waals surface area contributed by atoms with Gasteiger partial charge in [-0.25, -0.2) is 0 Å². The predicted molar refractivity (Wildman–Crippen MR) is 128 cm³/mol. The van der Waals surface area contributed by atoms with E-state index in [2.05, 4.69) is 36.3 Å². The fraction of sp³-hybridized carbons (Fsp3) is 1.00. The Bertz CT molecular complexity index is 461. The molecule has 3 aliphatic rings. The number of rotatable bonds is 10. The first-order valence-electron chi connectivity index (χ1n) is 12.9. The predicted octanol–water partition coefficient (Wildman–Crippen LogP) is 4.37. The van der Waals surface area contributed by atoms with Crippen molar-refractivity contribution in [2.24, 2.45) is 29.6 Å². The number of alkyl halides is 1. The molecule has 0 aromatic carbocycles. The minimum Gasteiger partial charge on any atom is -0.381 e. The fourth-order valence-corrected chi connectivity index (χ4v) is 6.21. The first kappa shape index (κ1) is 24.8. The summed E-state index contributed by atoms with van der Waals surface area (Å²) < 4.78 is 5.67. The maximum atomic E-state index is 6.32. The summed E-state index contributed by atoms with van der Waals surface area (Å²) in [6.07, 6.45) is 9.31. The molecule has 0 aromatic rings. The third-order valence-electron chi connectivity index (χ3n) is 8.02. The molecule has 3 atom stereocenters. The maximum Gasteiger partial charge on any atom is 0.0506 e. The quantitative estimate of drug-likeness (QED) is 0.493. The molecule has 1 saturated carbocycles. The van der Waals surface area contributed by atoms with E-state index in [1.54, 1.807) is 0 Å². The van der Waals surface area contributed by atoms with Gasteiger partial charge < -0.3 is 20.3 Å². The molecule has 2 N–H and O–H groups in total. The third kappa shape index (κ3) is 7.92. The van der Waals surface area contributed by atoms with Crippen LogP contribution in [0.3, 0.4) is 0 Å². The largest absolute Gasteiger partial charge is 0.381 e. The average Bonchev–Trinajstić information content (AvgIpc) is 2.76. The highest BCUT2D eigenvalue weighted by Gasteiger charge is 2.31. The first-order chi connectivity index (χ1) is 14.5. The Hall–Kier alpha value is 0.130. The molecule has 30 heavy (non-hydrogen) atoms. The van der Waals surface area contributed by atoms with Crippen molar-refractivity contribution in [2.75, 3.05) is 52.5 Å². The zero-order chi connectivity index (χ0) is 21.3. The molecule has 176 valence electrons. The Morgan fingerprint density at radius 1 is 1.00 bits per heavy atom. The van der Waals surface area contributed by atoms with Gasteiger partial charge in [0, 0.05) is 31.1 Å². The molecule has 2 saturated heterocycles. The van der Waals surface area contributed by atoms with E-state index in [1.165, 1.54) is 64.6 Å². The molecule has 0 radical (unpaired) electrons. The van der Waals surface area contributed by atoms with E-state index in [4.69, 9.17) is 16.3 Å². The molecular weight excluding hydrogens is 394 g/mol. The average molecular weight is 442 g/mol. The van der Waals surface area contributed by atoms with Crippen LogP contribution in [-0.4, -0.2) is 68.8 Å². The number of likely N-dealkylation sites (tertiary alicyclic amines) is 1. The van der Waals surface area contributed by atoms with Gasteiger partial charge in [0.2, 0.25) is 0 Å². The summed E-state index contributed by atoms with van der Waals surface area (Å²) in [4.78, 5) is 2.73. The van der Waals surface area contributed by atoms with E-state index in [0.29, 0.717) is 23.3 Å². The zero-order valence-corrected chi connectivity index (χ0v) is 20.6. The molecule has 5 heteroatoms. The summed E-state index contributed by atoms with van der Waals surface area (Å²) in [5.74, 6) is 3.98. The van der Waals surface area contributed by atoms with Crippen LogP contribution in [-0.2, 0) is 4.74 Å². The summed E-state index contributed by atoms with van der Waals surface area (Å²) in [6, 6.07) is 0.598. The smallest absolute Gasteiger partial charge is 0.0506 e. The van der Waals surface area contributed by atoms with Gasteiger partial charge in [-0.2, -0.15) is 0 Å². The van der Waals surface area contributed by atoms with E-state index in [9.17, 15) is 0 Å². The van der Waals surface area contributed by atoms with Gasteiger partial charge in [-0.1, -0.05) is 13.8 Å². The summed E-state index contributed by atoms with van der Waals surface area (Å²) in [5.41, 5.74) is 0. The highest BCUT2D eigenvalue weighted by molar-refractivity contribution is 6.20. The van der Waals surface area contributed by atoms with Crippen molar-refractivity contribution in [3.8, 4) is 0 Å². The van der Waals surface area contributed by atoms with Crippen LogP contribution >= 0.6 is 11.6 Å². The topological polar surface area (TPSA) is 36.5 Å². The van der Waals surface area contributed by atoms with Crippen LogP contribution in [0.15, 0.2) is 0 Å². The van der Waals surface area contributed by atoms with Crippen molar-refractivity contribution in [3.63, 3.8) is 0 Å². The Morgan fingerprint density at radius 2 is 1.67 bits per heavy atom. The molecule has 0 aromatic heterocycles. The number of hydrogen-bond donors (Lipinski definition) is 2. The first-order valence-corrected chi connectivity index (χ1v) is 13.4. The van der Waals surface area contributed by atoms with Gasteiger partial charge in [0.25, 0.3) is 0 Å². The number of hydrogen-bond acceptors (Lipinski definition) is 4. The van der Waals surface area contributed by atoms with E-state index in [-0.39, 0.29) is 0 Å². The number of halogens is 1. The van der Waals surface area contributed by atoms with Gasteiger partial charge in [0.05, 0.1) is 6.61 Å². The summed E-state index contributed by atoms with van der Waals surface area (Å²) in [5, 5.41) is 8.04. The summed E-state index contributed by atoms with van der Waals surface area (Å²) in [7, 11) is 0. The molecule has 2 aliphatic heterocycles. The van der Waals surface area contributed by atoms with Crippen molar-refractivity contribution in [3.05, 3.63) is 0 Å². The maximum absolute atomic E-state index is 6.32. The molecule has 3 rings (SSSR count). The van der Waals surface area contributed by atoms with Crippen LogP contribution in [0, 0.1) is 29.6 Å². The molecule has 2 unspecified atom stereocenters. The van der Waals surface area contributed by atoms with Gasteiger partial charge >= 0.3 is 0 Å². The zero-order valence-electron chi connectivity index (χ0n) is 19.9. The second-order valence-corrected chi connectivity index (χ2v) is 11.3. The van der Waals surface area contributed by atoms with Crippen molar-refractivity contribution in [1.82, 2.24) is 15.5 Å². The van der Waals surface area contributed by atoms with Gasteiger partial charge in [-0.3, -0.25) is 0 Å². The van der Waals surface area contributed by atoms with Crippen LogP contribution in [0.5, 0.6) is 0 Å². The Morgan fingerprint density at radius 3 is 2.33 bits per heavy atom. The SMILES string of the molecule is CCOCC1CNCC(CN[C@@H](CN2CCC(C3CCC(Cl)CC3)CC2)C(C)C)C1. The Kier molecular flexibility index (Phi) is 10.7. The van der Waals surface area contributed by atoms with Crippen molar-refractivity contribution >= 4 is 11.6 Å². The molecule has 0 bridgehead atoms. The van der Waals surface area contributed by atoms with Gasteiger partial charge in [-0.05, 0) is 108 Å². The molecule has 1 aliphatic carbocycles. The molecule has 2 heterocycles. The number of nitrogens with zero attached hydrogens (tertiary/aromatic N) is 1. The number of piperidine rings is 2. The minimum absolute atomic E-state index is 0.452. The van der Waals surface area contributed by atoms with E-state index in [0.717, 1.165) is 50.6 Å². The lowest BCUT2D eigenvalue weighted by molar-refractivity contribution is 0.0865. The monoisotopic (exact) mass is 441 g/mol. The van der Waals surface area contributed by atoms with Crippen LogP contribution in [0.4, 0.5) is 0 Å². The van der Waals surface area contributed by atoms with Gasteiger partial charge in [0.1, 0.15) is 0 Å². The van der Waals surface area contributed by atoms with Crippen LogP contribution in [0.25, 0.3) is 0 Å². The molecule has 3 fully saturated rings. The van der Waals surface area contributed by atoms with Crippen LogP contribution < -0.4 is 10.6 Å². The van der Waals surface area contributed by atoms with E-state index < -0.39 is 0 Å². The van der Waals surface area contributed by atoms with E-state index >= 15 is 0 Å². The second kappa shape index (κ2) is 13.0. The molecule has 0 amide bonds. The number of ether oxygens (including phenoxy) is 1. The highest BCUT2D eigenvalue weighted by Crippen LogP contribution is 2.37. The van der Waals surface area contributed by atoms with Crippen molar-refractivity contribution < 1.29 is 4.74 Å². The third-order valence-corrected chi connectivity index (χ3v) is 8.46. The Labute approximate surface area is 191 Å². The van der Waals surface area contributed by atoms with E-state index in [1.807, 2.05) is 0 Å². The summed E-state index contributed by atoms with van der Waals surface area (Å²) in [6.45, 7) is 15.8. The lowest BCUT2D eigenvalue weighted by Crippen LogP contribution is -2.50. The van der Waals surface area contributed by atoms with Crippen LogP contribution in [0.1, 0.15) is 65.7 Å². The molecular formula is C25H48ClN3O. The Balaban J connectivity index is 1.37. The van der Waals surface area contributed by atoms with Crippen molar-refractivity contribution in [1.29, 1.82) is 0 Å². The van der Waals surface area contributed by atoms with Crippen molar-refractivity contribution in [2.45, 2.75) is 77.1 Å². The normalized spacial score (nSPS) is 33.1. The fourth-order valence-electron chi connectivity index (χ4n) is 5.96. The molecule has 4 nitrogen and oxygen atoms in total. The van der Waals surface area contributed by atoms with Gasteiger partial charge in [-0.15, -0.1) is 11.6 Å². The lowest BCUT2D eigenvalue weighted by atomic mass is 9.75. The van der Waals surface area contributed by atoms with Crippen LogP contribution in [0.2, 0.25) is 0 Å². The minimum atomic E-state index is 0.452. The highest BCUT2D eigenvalue weighted by atomic mass is 35.5. The van der Waals surface area contributed by atoms with Gasteiger partial charge in [0.15, 0.2) is 0 Å².